The molecule has 110 valence electrons. The van der Waals surface area contributed by atoms with Crippen LogP contribution in [0.1, 0.15) is 37.0 Å². The van der Waals surface area contributed by atoms with Crippen LogP contribution in [0, 0.1) is 0 Å². The lowest BCUT2D eigenvalue weighted by Crippen LogP contribution is -2.06. The number of Topliss-reactive ketones (excluding diaryl/α,β-unsaturated/α-hetero) is 1. The lowest BCUT2D eigenvalue weighted by Gasteiger charge is -2.13. The zero-order valence-electron chi connectivity index (χ0n) is 11.4. The number of halogens is 1. The van der Waals surface area contributed by atoms with Crippen LogP contribution in [-0.4, -0.2) is 30.1 Å². The Bertz CT molecular complexity index is 499. The Kier molecular flexibility index (Phi) is 6.31. The van der Waals surface area contributed by atoms with Crippen molar-refractivity contribution in [2.24, 2.45) is 0 Å². The van der Waals surface area contributed by atoms with Crippen molar-refractivity contribution in [3.8, 4) is 11.5 Å². The third kappa shape index (κ3) is 4.42. The van der Waals surface area contributed by atoms with Crippen molar-refractivity contribution in [1.82, 2.24) is 0 Å². The molecule has 0 atom stereocenters. The normalized spacial score (nSPS) is 10.2. The van der Waals surface area contributed by atoms with Gasteiger partial charge < -0.3 is 14.6 Å². The second-order valence-corrected chi connectivity index (χ2v) is 4.37. The molecule has 1 rings (SSSR count). The highest BCUT2D eigenvalue weighted by atomic mass is 35.5. The van der Waals surface area contributed by atoms with Gasteiger partial charge in [0.2, 0.25) is 0 Å². The molecule has 20 heavy (non-hydrogen) atoms. The number of hydrogen-bond acceptors (Lipinski definition) is 4. The first-order chi connectivity index (χ1) is 9.49. The summed E-state index contributed by atoms with van der Waals surface area (Å²) in [4.78, 5) is 22.5. The fraction of sp³-hybridized carbons (Fsp3) is 0.429. The van der Waals surface area contributed by atoms with Gasteiger partial charge in [0.1, 0.15) is 0 Å². The van der Waals surface area contributed by atoms with Crippen molar-refractivity contribution in [1.29, 1.82) is 0 Å². The molecule has 6 heteroatoms. The maximum absolute atomic E-state index is 12.0. The molecule has 0 aliphatic rings. The molecular weight excluding hydrogens is 284 g/mol. The molecule has 0 saturated carbocycles. The third-order valence-corrected chi connectivity index (χ3v) is 2.81. The largest absolute Gasteiger partial charge is 0.490 e. The van der Waals surface area contributed by atoms with Crippen LogP contribution in [0.3, 0.4) is 0 Å². The van der Waals surface area contributed by atoms with Gasteiger partial charge >= 0.3 is 5.97 Å². The average Bonchev–Trinajstić information content (AvgIpc) is 2.39. The van der Waals surface area contributed by atoms with Gasteiger partial charge in [-0.25, -0.2) is 0 Å². The van der Waals surface area contributed by atoms with E-state index in [0.717, 1.165) is 0 Å². The summed E-state index contributed by atoms with van der Waals surface area (Å²) < 4.78 is 10.8. The summed E-state index contributed by atoms with van der Waals surface area (Å²) in [5.41, 5.74) is 0.250. The average molecular weight is 301 g/mol. The van der Waals surface area contributed by atoms with Crippen LogP contribution in [-0.2, 0) is 4.79 Å². The summed E-state index contributed by atoms with van der Waals surface area (Å²) >= 11 is 6.04. The number of ether oxygens (including phenoxy) is 2. The van der Waals surface area contributed by atoms with Crippen molar-refractivity contribution in [3.63, 3.8) is 0 Å². The lowest BCUT2D eigenvalue weighted by atomic mass is 10.1. The summed E-state index contributed by atoms with van der Waals surface area (Å²) in [6, 6.07) is 3.02. The van der Waals surface area contributed by atoms with Crippen molar-refractivity contribution in [2.75, 3.05) is 13.2 Å². The molecule has 0 aliphatic heterocycles. The van der Waals surface area contributed by atoms with E-state index in [0.29, 0.717) is 24.7 Å². The molecule has 0 amide bonds. The number of carboxylic acid groups (broad SMARTS) is 1. The minimum absolute atomic E-state index is 0.103. The molecule has 0 radical (unpaired) electrons. The van der Waals surface area contributed by atoms with Crippen LogP contribution in [0.5, 0.6) is 11.5 Å². The van der Waals surface area contributed by atoms with E-state index in [9.17, 15) is 9.59 Å². The van der Waals surface area contributed by atoms with E-state index >= 15 is 0 Å². The predicted molar refractivity (Wildman–Crippen MR) is 75.0 cm³/mol. The standard InChI is InChI=1S/C14H17ClO5/c1-3-19-12-7-9(11(16)5-6-14(17)18)10(15)8-13(12)20-4-2/h7-8H,3-6H2,1-2H3,(H,17,18). The molecule has 0 aromatic heterocycles. The summed E-state index contributed by atoms with van der Waals surface area (Å²) in [5.74, 6) is -0.460. The fourth-order valence-corrected chi connectivity index (χ4v) is 1.90. The summed E-state index contributed by atoms with van der Waals surface area (Å²) in [5, 5.41) is 8.83. The first-order valence-corrected chi connectivity index (χ1v) is 6.71. The number of benzene rings is 1. The zero-order chi connectivity index (χ0) is 15.1. The second-order valence-electron chi connectivity index (χ2n) is 3.96. The van der Waals surface area contributed by atoms with Crippen LogP contribution >= 0.6 is 11.6 Å². The number of carbonyl (C=O) groups is 2. The summed E-state index contributed by atoms with van der Waals surface area (Å²) in [6.07, 6.45) is -0.332. The highest BCUT2D eigenvalue weighted by molar-refractivity contribution is 6.34. The molecule has 0 spiro atoms. The minimum Gasteiger partial charge on any atom is -0.490 e. The summed E-state index contributed by atoms with van der Waals surface area (Å²) in [6.45, 7) is 4.51. The van der Waals surface area contributed by atoms with Gasteiger partial charge in [-0.15, -0.1) is 0 Å². The smallest absolute Gasteiger partial charge is 0.303 e. The molecule has 0 aliphatic carbocycles. The van der Waals surface area contributed by atoms with Gasteiger partial charge in [0.15, 0.2) is 17.3 Å². The molecule has 0 fully saturated rings. The Balaban J connectivity index is 3.04. The number of carboxylic acids is 1. The molecule has 0 heterocycles. The van der Waals surface area contributed by atoms with Gasteiger partial charge in [-0.1, -0.05) is 11.6 Å². The van der Waals surface area contributed by atoms with Gasteiger partial charge in [-0.2, -0.15) is 0 Å². The van der Waals surface area contributed by atoms with E-state index < -0.39 is 5.97 Å². The molecule has 1 aromatic rings. The Labute approximate surface area is 122 Å². The maximum atomic E-state index is 12.0. The first kappa shape index (κ1) is 16.3. The van der Waals surface area contributed by atoms with Gasteiger partial charge in [-0.3, -0.25) is 9.59 Å². The molecular formula is C14H17ClO5. The summed E-state index contributed by atoms with van der Waals surface area (Å²) in [7, 11) is 0. The number of aliphatic carboxylic acids is 1. The molecule has 1 N–H and O–H groups in total. The van der Waals surface area contributed by atoms with Crippen molar-refractivity contribution in [2.45, 2.75) is 26.7 Å². The van der Waals surface area contributed by atoms with Crippen LogP contribution in [0.2, 0.25) is 5.02 Å². The van der Waals surface area contributed by atoms with E-state index in [1.165, 1.54) is 12.1 Å². The topological polar surface area (TPSA) is 72.8 Å². The van der Waals surface area contributed by atoms with E-state index in [1.54, 1.807) is 0 Å². The molecule has 1 aromatic carbocycles. The second kappa shape index (κ2) is 7.75. The molecule has 5 nitrogen and oxygen atoms in total. The highest BCUT2D eigenvalue weighted by Crippen LogP contribution is 2.34. The molecule has 0 saturated heterocycles. The Morgan fingerprint density at radius 1 is 1.10 bits per heavy atom. The quantitative estimate of drug-likeness (QED) is 0.746. The van der Waals surface area contributed by atoms with Gasteiger partial charge in [0, 0.05) is 18.1 Å². The Morgan fingerprint density at radius 3 is 2.15 bits per heavy atom. The number of carbonyl (C=O) groups excluding carboxylic acids is 1. The Hall–Kier alpha value is -1.75. The van der Waals surface area contributed by atoms with E-state index in [2.05, 4.69) is 0 Å². The van der Waals surface area contributed by atoms with E-state index in [4.69, 9.17) is 26.2 Å². The van der Waals surface area contributed by atoms with Gasteiger partial charge in [0.05, 0.1) is 24.7 Å². The zero-order valence-corrected chi connectivity index (χ0v) is 12.2. The van der Waals surface area contributed by atoms with Crippen molar-refractivity contribution < 1.29 is 24.2 Å². The fourth-order valence-electron chi connectivity index (χ4n) is 1.64. The highest BCUT2D eigenvalue weighted by Gasteiger charge is 2.17. The number of ketones is 1. The van der Waals surface area contributed by atoms with Crippen LogP contribution < -0.4 is 9.47 Å². The van der Waals surface area contributed by atoms with Gasteiger partial charge in [-0.05, 0) is 19.9 Å². The van der Waals surface area contributed by atoms with Crippen molar-refractivity contribution >= 4 is 23.4 Å². The number of rotatable bonds is 8. The van der Waals surface area contributed by atoms with Crippen LogP contribution in [0.25, 0.3) is 0 Å². The van der Waals surface area contributed by atoms with Gasteiger partial charge in [0.25, 0.3) is 0 Å². The number of hydrogen-bond donors (Lipinski definition) is 1. The van der Waals surface area contributed by atoms with E-state index in [-0.39, 0.29) is 29.2 Å². The Morgan fingerprint density at radius 2 is 1.65 bits per heavy atom. The lowest BCUT2D eigenvalue weighted by molar-refractivity contribution is -0.136. The first-order valence-electron chi connectivity index (χ1n) is 6.33. The third-order valence-electron chi connectivity index (χ3n) is 2.50. The molecule has 0 unspecified atom stereocenters. The molecule has 0 bridgehead atoms. The minimum atomic E-state index is -1.02. The predicted octanol–water partition coefficient (Wildman–Crippen LogP) is 3.18. The monoisotopic (exact) mass is 300 g/mol. The van der Waals surface area contributed by atoms with Crippen molar-refractivity contribution in [3.05, 3.63) is 22.7 Å². The van der Waals surface area contributed by atoms with Crippen LogP contribution in [0.4, 0.5) is 0 Å². The SMILES string of the molecule is CCOc1cc(Cl)c(C(=O)CCC(=O)O)cc1OCC. The maximum Gasteiger partial charge on any atom is 0.303 e. The van der Waals surface area contributed by atoms with E-state index in [1.807, 2.05) is 13.8 Å². The van der Waals surface area contributed by atoms with Crippen LogP contribution in [0.15, 0.2) is 12.1 Å².